The third kappa shape index (κ3) is 3.04. The van der Waals surface area contributed by atoms with E-state index in [0.29, 0.717) is 28.8 Å². The predicted molar refractivity (Wildman–Crippen MR) is 117 cm³/mol. The van der Waals surface area contributed by atoms with Crippen molar-refractivity contribution in [1.29, 1.82) is 0 Å². The molecule has 8 heteroatoms. The predicted octanol–water partition coefficient (Wildman–Crippen LogP) is 4.68. The van der Waals surface area contributed by atoms with E-state index in [4.69, 9.17) is 16.3 Å². The maximum atomic E-state index is 12.0. The number of aromatic nitrogens is 3. The van der Waals surface area contributed by atoms with Gasteiger partial charge in [0.1, 0.15) is 23.3 Å². The largest absolute Gasteiger partial charge is 0.455 e. The van der Waals surface area contributed by atoms with Gasteiger partial charge < -0.3 is 19.5 Å². The summed E-state index contributed by atoms with van der Waals surface area (Å²) in [7, 11) is 3.71. The molecule has 1 aliphatic heterocycles. The number of halogens is 1. The number of fused-ring (bicyclic) bond motifs is 2. The summed E-state index contributed by atoms with van der Waals surface area (Å²) in [6.07, 6.45) is 3.78. The highest BCUT2D eigenvalue weighted by molar-refractivity contribution is 6.32. The van der Waals surface area contributed by atoms with Gasteiger partial charge in [-0.25, -0.2) is 9.97 Å². The van der Waals surface area contributed by atoms with Crippen molar-refractivity contribution in [1.82, 2.24) is 14.5 Å². The van der Waals surface area contributed by atoms with Crippen LogP contribution in [-0.4, -0.2) is 27.5 Å². The Balaban J connectivity index is 1.43. The highest BCUT2D eigenvalue weighted by atomic mass is 35.5. The highest BCUT2D eigenvalue weighted by Gasteiger charge is 2.27. The molecule has 1 amide bonds. The summed E-state index contributed by atoms with van der Waals surface area (Å²) in [4.78, 5) is 22.3. The smallest absolute Gasteiger partial charge is 0.231 e. The average Bonchev–Trinajstić information content (AvgIpc) is 3.25. The van der Waals surface area contributed by atoms with E-state index < -0.39 is 0 Å². The summed E-state index contributed by atoms with van der Waals surface area (Å²) in [6.45, 7) is 0. The first kappa shape index (κ1) is 18.4. The lowest BCUT2D eigenvalue weighted by Gasteiger charge is -2.14. The van der Waals surface area contributed by atoms with Gasteiger partial charge in [-0.05, 0) is 36.4 Å². The molecule has 30 heavy (non-hydrogen) atoms. The maximum absolute atomic E-state index is 12.0. The van der Waals surface area contributed by atoms with E-state index in [2.05, 4.69) is 15.3 Å². The highest BCUT2D eigenvalue weighted by Crippen LogP contribution is 2.39. The number of nitrogens with one attached hydrogen (secondary N) is 1. The van der Waals surface area contributed by atoms with Crippen LogP contribution in [0.2, 0.25) is 5.02 Å². The Morgan fingerprint density at radius 3 is 2.80 bits per heavy atom. The number of amides is 1. The fourth-order valence-electron chi connectivity index (χ4n) is 3.67. The Morgan fingerprint density at radius 1 is 1.10 bits per heavy atom. The first-order valence-corrected chi connectivity index (χ1v) is 9.78. The molecule has 0 saturated carbocycles. The van der Waals surface area contributed by atoms with Crippen LogP contribution >= 0.6 is 11.6 Å². The van der Waals surface area contributed by atoms with Gasteiger partial charge in [-0.3, -0.25) is 4.79 Å². The Bertz CT molecular complexity index is 1300. The molecular formula is C22H18ClN5O2. The number of likely N-dealkylation sites (N-methyl/N-ethyl adjacent to an activating group) is 1. The molecule has 3 heterocycles. The Kier molecular flexibility index (Phi) is 4.33. The Labute approximate surface area is 177 Å². The molecule has 4 aromatic rings. The summed E-state index contributed by atoms with van der Waals surface area (Å²) in [5.41, 5.74) is 4.28. The van der Waals surface area contributed by atoms with Gasteiger partial charge in [0.2, 0.25) is 5.91 Å². The topological polar surface area (TPSA) is 72.3 Å². The number of anilines is 3. The van der Waals surface area contributed by atoms with Crippen molar-refractivity contribution in [3.63, 3.8) is 0 Å². The number of hydrogen-bond donors (Lipinski definition) is 1. The number of benzene rings is 2. The van der Waals surface area contributed by atoms with E-state index in [9.17, 15) is 4.79 Å². The van der Waals surface area contributed by atoms with Crippen molar-refractivity contribution in [2.24, 2.45) is 7.05 Å². The maximum Gasteiger partial charge on any atom is 0.231 e. The van der Waals surface area contributed by atoms with E-state index in [1.807, 2.05) is 48.1 Å². The second-order valence-electron chi connectivity index (χ2n) is 7.14. The van der Waals surface area contributed by atoms with Gasteiger partial charge in [-0.2, -0.15) is 0 Å². The molecule has 0 spiro atoms. The molecule has 0 saturated heterocycles. The number of hydrogen-bond acceptors (Lipinski definition) is 5. The molecule has 150 valence electrons. The van der Waals surface area contributed by atoms with Gasteiger partial charge in [0.15, 0.2) is 5.82 Å². The first-order chi connectivity index (χ1) is 14.5. The molecule has 0 bridgehead atoms. The molecule has 0 atom stereocenters. The SMILES string of the molecule is CN1C(=O)Cc2c(Oc3ccc(Nc4ncnc5ccn(C)c45)cc3Cl)cccc21. The molecule has 2 aromatic carbocycles. The van der Waals surface area contributed by atoms with Crippen molar-refractivity contribution in [2.45, 2.75) is 6.42 Å². The molecule has 1 aliphatic rings. The number of rotatable bonds is 4. The summed E-state index contributed by atoms with van der Waals surface area (Å²) >= 11 is 6.50. The summed E-state index contributed by atoms with van der Waals surface area (Å²) < 4.78 is 8.03. The van der Waals surface area contributed by atoms with Gasteiger partial charge in [-0.1, -0.05) is 17.7 Å². The van der Waals surface area contributed by atoms with Gasteiger partial charge in [-0.15, -0.1) is 0 Å². The van der Waals surface area contributed by atoms with E-state index in [1.54, 1.807) is 24.1 Å². The zero-order chi connectivity index (χ0) is 20.8. The lowest BCUT2D eigenvalue weighted by Crippen LogP contribution is -2.20. The lowest BCUT2D eigenvalue weighted by atomic mass is 10.1. The fourth-order valence-corrected chi connectivity index (χ4v) is 3.89. The van der Waals surface area contributed by atoms with Crippen LogP contribution in [0.25, 0.3) is 11.0 Å². The second kappa shape index (κ2) is 7.03. The molecule has 0 unspecified atom stereocenters. The monoisotopic (exact) mass is 419 g/mol. The third-order valence-electron chi connectivity index (χ3n) is 5.25. The van der Waals surface area contributed by atoms with Crippen LogP contribution in [0.1, 0.15) is 5.56 Å². The Morgan fingerprint density at radius 2 is 1.97 bits per heavy atom. The van der Waals surface area contributed by atoms with Crippen molar-refractivity contribution < 1.29 is 9.53 Å². The zero-order valence-corrected chi connectivity index (χ0v) is 17.1. The van der Waals surface area contributed by atoms with Crippen LogP contribution in [0.5, 0.6) is 11.5 Å². The van der Waals surface area contributed by atoms with Crippen molar-refractivity contribution in [3.8, 4) is 11.5 Å². The minimum atomic E-state index is 0.0449. The van der Waals surface area contributed by atoms with E-state index >= 15 is 0 Å². The standard InChI is InChI=1S/C22H18ClN5O2/c1-27-9-8-16-21(27)22(25-12-24-16)26-13-6-7-19(15(23)10-13)30-18-5-3-4-17-14(18)11-20(29)28(17)2/h3-10,12H,11H2,1-2H3,(H,24,25,26). The van der Waals surface area contributed by atoms with E-state index in [-0.39, 0.29) is 5.91 Å². The molecule has 5 rings (SSSR count). The van der Waals surface area contributed by atoms with Crippen LogP contribution in [0.4, 0.5) is 17.2 Å². The van der Waals surface area contributed by atoms with Gasteiger partial charge >= 0.3 is 0 Å². The number of aryl methyl sites for hydroxylation is 1. The summed E-state index contributed by atoms with van der Waals surface area (Å²) in [5, 5.41) is 3.75. The number of nitrogens with zero attached hydrogens (tertiary/aromatic N) is 4. The number of carbonyl (C=O) groups excluding carboxylic acids is 1. The van der Waals surface area contributed by atoms with E-state index in [0.717, 1.165) is 28.0 Å². The van der Waals surface area contributed by atoms with Crippen LogP contribution in [-0.2, 0) is 18.3 Å². The Hall–Kier alpha value is -3.58. The van der Waals surface area contributed by atoms with Crippen LogP contribution < -0.4 is 15.0 Å². The molecule has 0 fully saturated rings. The number of carbonyl (C=O) groups is 1. The number of ether oxygens (including phenoxy) is 1. The van der Waals surface area contributed by atoms with Gasteiger partial charge in [0.05, 0.1) is 22.6 Å². The minimum absolute atomic E-state index is 0.0449. The molecule has 0 aliphatic carbocycles. The first-order valence-electron chi connectivity index (χ1n) is 9.40. The summed E-state index contributed by atoms with van der Waals surface area (Å²) in [6, 6.07) is 13.0. The van der Waals surface area contributed by atoms with Crippen molar-refractivity contribution >= 4 is 45.7 Å². The molecular weight excluding hydrogens is 402 g/mol. The second-order valence-corrected chi connectivity index (χ2v) is 7.55. The lowest BCUT2D eigenvalue weighted by molar-refractivity contribution is -0.117. The van der Waals surface area contributed by atoms with Crippen LogP contribution in [0, 0.1) is 0 Å². The van der Waals surface area contributed by atoms with Crippen molar-refractivity contribution in [2.75, 3.05) is 17.3 Å². The van der Waals surface area contributed by atoms with E-state index in [1.165, 1.54) is 6.33 Å². The summed E-state index contributed by atoms with van der Waals surface area (Å²) in [5.74, 6) is 1.89. The van der Waals surface area contributed by atoms with Crippen molar-refractivity contribution in [3.05, 3.63) is 65.6 Å². The third-order valence-corrected chi connectivity index (χ3v) is 5.54. The molecule has 2 aromatic heterocycles. The van der Waals surface area contributed by atoms with Gasteiger partial charge in [0.25, 0.3) is 0 Å². The van der Waals surface area contributed by atoms with Gasteiger partial charge in [0, 0.05) is 31.5 Å². The quantitative estimate of drug-likeness (QED) is 0.520. The average molecular weight is 420 g/mol. The van der Waals surface area contributed by atoms with Crippen LogP contribution in [0.3, 0.4) is 0 Å². The van der Waals surface area contributed by atoms with Crippen LogP contribution in [0.15, 0.2) is 55.0 Å². The minimum Gasteiger partial charge on any atom is -0.455 e. The zero-order valence-electron chi connectivity index (χ0n) is 16.4. The normalized spacial score (nSPS) is 13.0. The fraction of sp³-hybridized carbons (Fsp3) is 0.136. The molecule has 7 nitrogen and oxygen atoms in total. The molecule has 1 N–H and O–H groups in total. The molecule has 0 radical (unpaired) electrons.